The third-order valence-electron chi connectivity index (χ3n) is 5.41. The molecule has 2 atom stereocenters. The van der Waals surface area contributed by atoms with Gasteiger partial charge in [0.2, 0.25) is 0 Å². The number of hydrogen-bond acceptors (Lipinski definition) is 4. The number of benzene rings is 1. The van der Waals surface area contributed by atoms with Gasteiger partial charge in [0.15, 0.2) is 0 Å². The zero-order valence-corrected chi connectivity index (χ0v) is 14.2. The summed E-state index contributed by atoms with van der Waals surface area (Å²) in [6.07, 6.45) is 9.94. The zero-order chi connectivity index (χ0) is 18.3. The van der Waals surface area contributed by atoms with Gasteiger partial charge in [-0.2, -0.15) is 0 Å². The van der Waals surface area contributed by atoms with Crippen molar-refractivity contribution in [1.29, 1.82) is 0 Å². The molecule has 1 fully saturated rings. The number of hydrogen-bond donors (Lipinski definition) is 4. The van der Waals surface area contributed by atoms with Crippen molar-refractivity contribution in [3.8, 4) is 0 Å². The number of carbonyl (C=O) groups excluding carboxylic acids is 2. The van der Waals surface area contributed by atoms with E-state index in [9.17, 15) is 14.7 Å². The summed E-state index contributed by atoms with van der Waals surface area (Å²) < 4.78 is 0. The van der Waals surface area contributed by atoms with Gasteiger partial charge in [0.05, 0.1) is 11.6 Å². The van der Waals surface area contributed by atoms with E-state index in [1.807, 2.05) is 24.3 Å². The predicted octanol–water partition coefficient (Wildman–Crippen LogP) is 2.23. The molecule has 0 saturated heterocycles. The van der Waals surface area contributed by atoms with E-state index in [1.165, 1.54) is 0 Å². The van der Waals surface area contributed by atoms with Gasteiger partial charge in [0, 0.05) is 11.6 Å². The Bertz CT molecular complexity index is 848. The van der Waals surface area contributed by atoms with E-state index in [2.05, 4.69) is 22.8 Å². The molecule has 1 aliphatic heterocycles. The highest BCUT2D eigenvalue weighted by Gasteiger charge is 2.57. The van der Waals surface area contributed by atoms with Crippen LogP contribution in [0.15, 0.2) is 59.9 Å². The fraction of sp³-hybridized carbons (Fsp3) is 0.300. The third-order valence-corrected chi connectivity index (χ3v) is 5.41. The molecule has 2 amide bonds. The molecule has 3 aliphatic rings. The molecule has 5 N–H and O–H groups in total. The van der Waals surface area contributed by atoms with Gasteiger partial charge in [-0.3, -0.25) is 9.59 Å². The normalized spacial score (nSPS) is 26.0. The molecule has 134 valence electrons. The maximum atomic E-state index is 12.5. The minimum atomic E-state index is -0.675. The maximum Gasteiger partial charge on any atom is 0.264 e. The maximum absolute atomic E-state index is 12.5. The summed E-state index contributed by atoms with van der Waals surface area (Å²) in [5.41, 5.74) is 6.70. The lowest BCUT2D eigenvalue weighted by Crippen LogP contribution is -2.54. The first-order valence-electron chi connectivity index (χ1n) is 8.76. The molecule has 2 unspecified atom stereocenters. The summed E-state index contributed by atoms with van der Waals surface area (Å²) in [4.78, 5) is 24.7. The molecule has 4 rings (SSSR count). The van der Waals surface area contributed by atoms with Gasteiger partial charge < -0.3 is 21.5 Å². The number of aliphatic hydroxyl groups is 1. The second kappa shape index (κ2) is 6.14. The van der Waals surface area contributed by atoms with Crippen LogP contribution in [0, 0.1) is 5.41 Å². The Morgan fingerprint density at radius 3 is 2.58 bits per heavy atom. The lowest BCUT2D eigenvalue weighted by atomic mass is 9.91. The Labute approximate surface area is 151 Å². The summed E-state index contributed by atoms with van der Waals surface area (Å²) in [7, 11) is 0. The van der Waals surface area contributed by atoms with E-state index in [0.29, 0.717) is 24.4 Å². The fourth-order valence-corrected chi connectivity index (χ4v) is 3.58. The van der Waals surface area contributed by atoms with Gasteiger partial charge in [-0.05, 0) is 37.0 Å². The van der Waals surface area contributed by atoms with Gasteiger partial charge in [-0.1, -0.05) is 36.4 Å². The summed E-state index contributed by atoms with van der Waals surface area (Å²) >= 11 is 0. The molecular formula is C20H21N3O3. The quantitative estimate of drug-likeness (QED) is 0.627. The van der Waals surface area contributed by atoms with E-state index in [-0.39, 0.29) is 11.3 Å². The Morgan fingerprint density at radius 2 is 1.96 bits per heavy atom. The SMILES string of the molecule is NC1NC(=O)C(C(=O)Nc2ccc(C3C=CC=CC3)cc2)=C(O)C12CC2. The standard InChI is InChI=1S/C20H21N3O3/c21-19-20(10-11-20)16(24)15(18(26)23-19)17(25)22-14-8-6-13(7-9-14)12-4-2-1-3-5-12/h1-4,6-9,12,19,24H,5,10-11,21H2,(H,22,25)(H,23,26). The van der Waals surface area contributed by atoms with Crippen LogP contribution in [0.3, 0.4) is 0 Å². The number of amides is 2. The average Bonchev–Trinajstić information content (AvgIpc) is 3.44. The zero-order valence-electron chi connectivity index (χ0n) is 14.2. The first-order valence-corrected chi connectivity index (χ1v) is 8.76. The highest BCUT2D eigenvalue weighted by atomic mass is 16.3. The Kier molecular flexibility index (Phi) is 3.92. The van der Waals surface area contributed by atoms with Crippen LogP contribution < -0.4 is 16.4 Å². The minimum Gasteiger partial charge on any atom is -0.511 e. The highest BCUT2D eigenvalue weighted by Crippen LogP contribution is 2.54. The molecule has 1 aromatic carbocycles. The largest absolute Gasteiger partial charge is 0.511 e. The summed E-state index contributed by atoms with van der Waals surface area (Å²) in [5, 5.41) is 15.7. The van der Waals surface area contributed by atoms with Crippen molar-refractivity contribution in [3.05, 3.63) is 65.5 Å². The van der Waals surface area contributed by atoms with Gasteiger partial charge in [0.25, 0.3) is 11.8 Å². The van der Waals surface area contributed by atoms with Gasteiger partial charge in [-0.15, -0.1) is 0 Å². The molecule has 1 spiro atoms. The van der Waals surface area contributed by atoms with E-state index >= 15 is 0 Å². The van der Waals surface area contributed by atoms with Crippen LogP contribution in [0.25, 0.3) is 0 Å². The number of carbonyl (C=O) groups is 2. The van der Waals surface area contributed by atoms with E-state index in [1.54, 1.807) is 12.1 Å². The number of rotatable bonds is 3. The molecule has 2 aliphatic carbocycles. The monoisotopic (exact) mass is 351 g/mol. The van der Waals surface area contributed by atoms with Crippen molar-refractivity contribution in [2.24, 2.45) is 11.1 Å². The van der Waals surface area contributed by atoms with Crippen LogP contribution >= 0.6 is 0 Å². The minimum absolute atomic E-state index is 0.193. The van der Waals surface area contributed by atoms with Crippen LogP contribution in [0.1, 0.15) is 30.7 Å². The van der Waals surface area contributed by atoms with Crippen molar-refractivity contribution in [2.75, 3.05) is 5.32 Å². The van der Waals surface area contributed by atoms with Crippen molar-refractivity contribution in [1.82, 2.24) is 5.32 Å². The molecule has 1 aromatic rings. The van der Waals surface area contributed by atoms with Crippen molar-refractivity contribution in [2.45, 2.75) is 31.3 Å². The molecule has 26 heavy (non-hydrogen) atoms. The number of anilines is 1. The molecule has 1 saturated carbocycles. The molecule has 0 aromatic heterocycles. The van der Waals surface area contributed by atoms with Crippen LogP contribution in [0.2, 0.25) is 0 Å². The Balaban J connectivity index is 1.51. The highest BCUT2D eigenvalue weighted by molar-refractivity contribution is 6.23. The second-order valence-corrected chi connectivity index (χ2v) is 7.06. The van der Waals surface area contributed by atoms with Gasteiger partial charge >= 0.3 is 0 Å². The first-order chi connectivity index (χ1) is 12.5. The summed E-state index contributed by atoms with van der Waals surface area (Å²) in [6.45, 7) is 0. The number of aliphatic hydroxyl groups excluding tert-OH is 1. The Morgan fingerprint density at radius 1 is 1.23 bits per heavy atom. The topological polar surface area (TPSA) is 104 Å². The first kappa shape index (κ1) is 16.6. The summed E-state index contributed by atoms with van der Waals surface area (Å²) in [5.74, 6) is -1.12. The molecule has 0 radical (unpaired) electrons. The molecule has 6 nitrogen and oxygen atoms in total. The van der Waals surface area contributed by atoms with Crippen LogP contribution in [0.5, 0.6) is 0 Å². The predicted molar refractivity (Wildman–Crippen MR) is 98.1 cm³/mol. The van der Waals surface area contributed by atoms with Crippen molar-refractivity contribution < 1.29 is 14.7 Å². The van der Waals surface area contributed by atoms with E-state index in [4.69, 9.17) is 5.73 Å². The average molecular weight is 351 g/mol. The Hall–Kier alpha value is -2.86. The third kappa shape index (κ3) is 2.72. The second-order valence-electron chi connectivity index (χ2n) is 7.06. The molecule has 0 bridgehead atoms. The smallest absolute Gasteiger partial charge is 0.264 e. The van der Waals surface area contributed by atoms with Gasteiger partial charge in [0.1, 0.15) is 11.3 Å². The van der Waals surface area contributed by atoms with E-state index in [0.717, 1.165) is 12.0 Å². The number of nitrogens with one attached hydrogen (secondary N) is 2. The van der Waals surface area contributed by atoms with Crippen molar-refractivity contribution >= 4 is 17.5 Å². The fourth-order valence-electron chi connectivity index (χ4n) is 3.58. The molecule has 1 heterocycles. The van der Waals surface area contributed by atoms with Crippen LogP contribution in [0.4, 0.5) is 5.69 Å². The lowest BCUT2D eigenvalue weighted by molar-refractivity contribution is -0.123. The van der Waals surface area contributed by atoms with Crippen LogP contribution in [-0.2, 0) is 9.59 Å². The van der Waals surface area contributed by atoms with Crippen LogP contribution in [-0.4, -0.2) is 23.1 Å². The van der Waals surface area contributed by atoms with E-state index < -0.39 is 23.4 Å². The van der Waals surface area contributed by atoms with Gasteiger partial charge in [-0.25, -0.2) is 0 Å². The number of allylic oxidation sites excluding steroid dienone is 4. The number of nitrogens with two attached hydrogens (primary N) is 1. The molecule has 6 heteroatoms. The molecular weight excluding hydrogens is 330 g/mol. The van der Waals surface area contributed by atoms with Crippen molar-refractivity contribution in [3.63, 3.8) is 0 Å². The summed E-state index contributed by atoms with van der Waals surface area (Å²) in [6, 6.07) is 7.52. The lowest BCUT2D eigenvalue weighted by Gasteiger charge is -2.30.